The van der Waals surface area contributed by atoms with Crippen molar-refractivity contribution in [1.29, 1.82) is 0 Å². The maximum Gasteiger partial charge on any atom is 0.417 e. The van der Waals surface area contributed by atoms with E-state index in [2.05, 4.69) is 4.98 Å². The third-order valence-corrected chi connectivity index (χ3v) is 4.52. The molecular weight excluding hydrogens is 373 g/mol. The molecule has 1 N–H and O–H groups in total. The molecule has 0 saturated carbocycles. The summed E-state index contributed by atoms with van der Waals surface area (Å²) in [6.45, 7) is 0.361. The summed E-state index contributed by atoms with van der Waals surface area (Å²) >= 11 is 6.03. The van der Waals surface area contributed by atoms with Crippen LogP contribution in [0.2, 0.25) is 5.02 Å². The molecule has 0 aliphatic carbocycles. The van der Waals surface area contributed by atoms with E-state index in [0.29, 0.717) is 22.6 Å². The lowest BCUT2D eigenvalue weighted by Crippen LogP contribution is -2.35. The number of aliphatic hydroxyl groups excluding tert-OH is 1. The Kier molecular flexibility index (Phi) is 4.90. The van der Waals surface area contributed by atoms with Crippen molar-refractivity contribution in [2.75, 3.05) is 25.7 Å². The van der Waals surface area contributed by atoms with Gasteiger partial charge in [-0.1, -0.05) is 11.6 Å². The number of hydrogen-bond donors (Lipinski definition) is 1. The van der Waals surface area contributed by atoms with Gasteiger partial charge in [0.15, 0.2) is 0 Å². The molecule has 0 fully saturated rings. The van der Waals surface area contributed by atoms with Crippen LogP contribution in [0.3, 0.4) is 0 Å². The summed E-state index contributed by atoms with van der Waals surface area (Å²) < 4.78 is 49.0. The van der Waals surface area contributed by atoms with E-state index >= 15 is 0 Å². The normalized spacial score (nSPS) is 17.0. The second kappa shape index (κ2) is 6.85. The number of nitrogens with zero attached hydrogens (tertiary/aromatic N) is 2. The van der Waals surface area contributed by atoms with Gasteiger partial charge in [-0.2, -0.15) is 13.2 Å². The van der Waals surface area contributed by atoms with Gasteiger partial charge in [-0.15, -0.1) is 0 Å². The lowest BCUT2D eigenvalue weighted by Gasteiger charge is -2.35. The first-order chi connectivity index (χ1) is 12.3. The highest BCUT2D eigenvalue weighted by Gasteiger charge is 2.34. The zero-order valence-electron chi connectivity index (χ0n) is 14.0. The Bertz CT molecular complexity index is 830. The molecular formula is C17H16ClF3N2O3. The smallest absolute Gasteiger partial charge is 0.417 e. The van der Waals surface area contributed by atoms with Crippen molar-refractivity contribution in [1.82, 2.24) is 4.98 Å². The molecule has 0 unspecified atom stereocenters. The van der Waals surface area contributed by atoms with Crippen molar-refractivity contribution >= 4 is 17.4 Å². The van der Waals surface area contributed by atoms with E-state index in [9.17, 15) is 18.3 Å². The Morgan fingerprint density at radius 1 is 1.23 bits per heavy atom. The number of halogens is 4. The van der Waals surface area contributed by atoms with Crippen molar-refractivity contribution in [3.8, 4) is 11.5 Å². The van der Waals surface area contributed by atoms with Gasteiger partial charge >= 0.3 is 6.18 Å². The lowest BCUT2D eigenvalue weighted by atomic mass is 9.95. The number of aromatic nitrogens is 1. The number of aliphatic hydroxyl groups is 1. The maximum absolute atomic E-state index is 12.8. The monoisotopic (exact) mass is 388 g/mol. The standard InChI is InChI=1S/C17H16ClF3N2O3/c1-25-13-3-4-14(26-2)15-10(13)7-23(8-12(15)24)16-11(18)5-9(6-22-16)17(19,20)21/h3-6,12,24H,7-8H2,1-2H3/t12-/m1/s1. The third-order valence-electron chi connectivity index (χ3n) is 4.24. The Balaban J connectivity index is 2.01. The van der Waals surface area contributed by atoms with Gasteiger partial charge in [-0.3, -0.25) is 0 Å². The molecule has 2 aromatic rings. The molecule has 0 radical (unpaired) electrons. The molecule has 0 spiro atoms. The number of benzene rings is 1. The van der Waals surface area contributed by atoms with Gasteiger partial charge in [0, 0.05) is 23.9 Å². The second-order valence-electron chi connectivity index (χ2n) is 5.79. The summed E-state index contributed by atoms with van der Waals surface area (Å²) in [6.07, 6.45) is -4.74. The molecule has 0 amide bonds. The van der Waals surface area contributed by atoms with E-state index in [1.54, 1.807) is 17.0 Å². The van der Waals surface area contributed by atoms with E-state index in [1.807, 2.05) is 0 Å². The predicted octanol–water partition coefficient (Wildman–Crippen LogP) is 3.82. The van der Waals surface area contributed by atoms with Crippen LogP contribution in [0.1, 0.15) is 22.8 Å². The van der Waals surface area contributed by atoms with Crippen LogP contribution in [-0.4, -0.2) is 30.9 Å². The molecule has 140 valence electrons. The molecule has 0 saturated heterocycles. The topological polar surface area (TPSA) is 54.8 Å². The summed E-state index contributed by atoms with van der Waals surface area (Å²) in [7, 11) is 2.99. The highest BCUT2D eigenvalue weighted by molar-refractivity contribution is 6.33. The Labute approximate surface area is 152 Å². The van der Waals surface area contributed by atoms with Crippen LogP contribution in [-0.2, 0) is 12.7 Å². The number of hydrogen-bond acceptors (Lipinski definition) is 5. The summed E-state index contributed by atoms with van der Waals surface area (Å²) in [6, 6.07) is 4.23. The highest BCUT2D eigenvalue weighted by Crippen LogP contribution is 2.42. The number of fused-ring (bicyclic) bond motifs is 1. The largest absolute Gasteiger partial charge is 0.496 e. The fourth-order valence-corrected chi connectivity index (χ4v) is 3.34. The summed E-state index contributed by atoms with van der Waals surface area (Å²) in [5.41, 5.74) is 0.331. The molecule has 1 atom stereocenters. The van der Waals surface area contributed by atoms with E-state index in [-0.39, 0.29) is 23.9 Å². The van der Waals surface area contributed by atoms with Crippen molar-refractivity contribution in [3.63, 3.8) is 0 Å². The Hall–Kier alpha value is -2.19. The van der Waals surface area contributed by atoms with Crippen LogP contribution >= 0.6 is 11.6 Å². The minimum atomic E-state index is -4.53. The predicted molar refractivity (Wildman–Crippen MR) is 89.8 cm³/mol. The molecule has 5 nitrogen and oxygen atoms in total. The average Bonchev–Trinajstić information content (AvgIpc) is 2.59. The van der Waals surface area contributed by atoms with Gasteiger partial charge in [0.2, 0.25) is 0 Å². The summed E-state index contributed by atoms with van der Waals surface area (Å²) in [5, 5.41) is 10.4. The number of β-amino-alcohol motifs (C(OH)–C–C–N with tert-alkyl or cyclic N) is 1. The fraction of sp³-hybridized carbons (Fsp3) is 0.353. The van der Waals surface area contributed by atoms with Gasteiger partial charge in [0.1, 0.15) is 23.4 Å². The number of methoxy groups -OCH3 is 2. The fourth-order valence-electron chi connectivity index (χ4n) is 3.06. The van der Waals surface area contributed by atoms with E-state index in [0.717, 1.165) is 12.3 Å². The first-order valence-electron chi connectivity index (χ1n) is 7.65. The summed E-state index contributed by atoms with van der Waals surface area (Å²) in [4.78, 5) is 5.47. The molecule has 1 aromatic carbocycles. The molecule has 1 aliphatic rings. The zero-order chi connectivity index (χ0) is 19.1. The van der Waals surface area contributed by atoms with Crippen molar-refractivity contribution in [2.24, 2.45) is 0 Å². The second-order valence-corrected chi connectivity index (χ2v) is 6.19. The molecule has 0 bridgehead atoms. The number of pyridine rings is 1. The molecule has 2 heterocycles. The number of rotatable bonds is 3. The number of alkyl halides is 3. The third kappa shape index (κ3) is 3.26. The number of ether oxygens (including phenoxy) is 2. The molecule has 26 heavy (non-hydrogen) atoms. The van der Waals surface area contributed by atoms with Crippen LogP contribution in [0.25, 0.3) is 0 Å². The van der Waals surface area contributed by atoms with Crippen LogP contribution in [0.4, 0.5) is 19.0 Å². The van der Waals surface area contributed by atoms with Crippen molar-refractivity contribution < 1.29 is 27.8 Å². The van der Waals surface area contributed by atoms with Crippen LogP contribution in [0, 0.1) is 0 Å². The maximum atomic E-state index is 12.8. The van der Waals surface area contributed by atoms with Crippen LogP contribution in [0.5, 0.6) is 11.5 Å². The lowest BCUT2D eigenvalue weighted by molar-refractivity contribution is -0.137. The molecule has 9 heteroatoms. The zero-order valence-corrected chi connectivity index (χ0v) is 14.7. The van der Waals surface area contributed by atoms with Crippen molar-refractivity contribution in [2.45, 2.75) is 18.8 Å². The van der Waals surface area contributed by atoms with Gasteiger partial charge in [0.05, 0.1) is 31.4 Å². The molecule has 1 aromatic heterocycles. The van der Waals surface area contributed by atoms with Crippen LogP contribution in [0.15, 0.2) is 24.4 Å². The van der Waals surface area contributed by atoms with Crippen LogP contribution < -0.4 is 14.4 Å². The van der Waals surface area contributed by atoms with Crippen molar-refractivity contribution in [3.05, 3.63) is 46.1 Å². The first-order valence-corrected chi connectivity index (χ1v) is 8.03. The van der Waals surface area contributed by atoms with Gasteiger partial charge in [-0.25, -0.2) is 4.98 Å². The average molecular weight is 389 g/mol. The SMILES string of the molecule is COc1ccc(OC)c2c1CN(c1ncc(C(F)(F)F)cc1Cl)C[C@H]2O. The minimum Gasteiger partial charge on any atom is -0.496 e. The van der Waals surface area contributed by atoms with Gasteiger partial charge < -0.3 is 19.5 Å². The molecule has 3 rings (SSSR count). The minimum absolute atomic E-state index is 0.106. The van der Waals surface area contributed by atoms with Gasteiger partial charge in [0.25, 0.3) is 0 Å². The van der Waals surface area contributed by atoms with E-state index in [1.165, 1.54) is 14.2 Å². The van der Waals surface area contributed by atoms with E-state index in [4.69, 9.17) is 21.1 Å². The Morgan fingerprint density at radius 3 is 2.46 bits per heavy atom. The molecule has 1 aliphatic heterocycles. The highest BCUT2D eigenvalue weighted by atomic mass is 35.5. The van der Waals surface area contributed by atoms with E-state index < -0.39 is 17.8 Å². The van der Waals surface area contributed by atoms with Gasteiger partial charge in [-0.05, 0) is 18.2 Å². The quantitative estimate of drug-likeness (QED) is 0.866. The summed E-state index contributed by atoms with van der Waals surface area (Å²) in [5.74, 6) is 1.21. The number of anilines is 1. The first kappa shape index (κ1) is 18.6. The Morgan fingerprint density at radius 2 is 1.88 bits per heavy atom.